The summed E-state index contributed by atoms with van der Waals surface area (Å²) in [6.45, 7) is 1.96. The highest BCUT2D eigenvalue weighted by Gasteiger charge is 2.09. The second kappa shape index (κ2) is 7.99. The second-order valence-electron chi connectivity index (χ2n) is 4.73. The van der Waals surface area contributed by atoms with Gasteiger partial charge in [0.1, 0.15) is 11.6 Å². The van der Waals surface area contributed by atoms with Crippen molar-refractivity contribution in [1.82, 2.24) is 0 Å². The van der Waals surface area contributed by atoms with Crippen molar-refractivity contribution < 1.29 is 4.79 Å². The molecule has 0 bridgehead atoms. The van der Waals surface area contributed by atoms with Gasteiger partial charge in [-0.2, -0.15) is 5.26 Å². The molecule has 1 amide bonds. The predicted molar refractivity (Wildman–Crippen MR) is 101 cm³/mol. The molecular weight excluding hydrogens is 425 g/mol. The fourth-order valence-electron chi connectivity index (χ4n) is 1.82. The quantitative estimate of drug-likeness (QED) is 0.414. The molecule has 0 heterocycles. The fourth-order valence-corrected chi connectivity index (χ4v) is 2.59. The number of nitrogens with zero attached hydrogens (tertiary/aromatic N) is 1. The highest BCUT2D eigenvalue weighted by molar-refractivity contribution is 14.1. The van der Waals surface area contributed by atoms with E-state index in [0.29, 0.717) is 10.7 Å². The molecule has 6 heteroatoms. The van der Waals surface area contributed by atoms with E-state index < -0.39 is 5.91 Å². The summed E-state index contributed by atoms with van der Waals surface area (Å²) in [5.74, 6) is -0.481. The van der Waals surface area contributed by atoms with Crippen LogP contribution in [0.5, 0.6) is 0 Å². The van der Waals surface area contributed by atoms with Crippen LogP contribution in [0.4, 0.5) is 11.4 Å². The summed E-state index contributed by atoms with van der Waals surface area (Å²) in [5.41, 5.74) is 2.44. The van der Waals surface area contributed by atoms with E-state index in [1.807, 2.05) is 31.2 Å². The van der Waals surface area contributed by atoms with Crippen molar-refractivity contribution in [3.8, 4) is 6.07 Å². The van der Waals surface area contributed by atoms with Crippen LogP contribution in [0.3, 0.4) is 0 Å². The number of rotatable bonds is 4. The first-order valence-corrected chi connectivity index (χ1v) is 8.15. The van der Waals surface area contributed by atoms with E-state index >= 15 is 0 Å². The Morgan fingerprint density at radius 3 is 2.57 bits per heavy atom. The summed E-state index contributed by atoms with van der Waals surface area (Å²) in [5, 5.41) is 15.4. The van der Waals surface area contributed by atoms with Crippen LogP contribution in [-0.2, 0) is 4.79 Å². The Bertz CT molecular complexity index is 794. The van der Waals surface area contributed by atoms with E-state index in [2.05, 4.69) is 33.2 Å². The molecule has 2 aromatic rings. The van der Waals surface area contributed by atoms with E-state index in [-0.39, 0.29) is 5.57 Å². The lowest BCUT2D eigenvalue weighted by molar-refractivity contribution is -0.112. The van der Waals surface area contributed by atoms with E-state index in [0.717, 1.165) is 14.8 Å². The van der Waals surface area contributed by atoms with Crippen LogP contribution in [0.15, 0.2) is 54.2 Å². The Balaban J connectivity index is 2.10. The number of nitriles is 1. The average molecular weight is 438 g/mol. The maximum absolute atomic E-state index is 12.1. The third kappa shape index (κ3) is 4.98. The summed E-state index contributed by atoms with van der Waals surface area (Å²) in [6.07, 6.45) is 1.40. The van der Waals surface area contributed by atoms with Crippen LogP contribution in [0.1, 0.15) is 5.56 Å². The van der Waals surface area contributed by atoms with Gasteiger partial charge in [-0.3, -0.25) is 4.79 Å². The molecule has 2 aromatic carbocycles. The number of amides is 1. The lowest BCUT2D eigenvalue weighted by Crippen LogP contribution is -2.14. The molecule has 0 aromatic heterocycles. The van der Waals surface area contributed by atoms with Crippen molar-refractivity contribution in [2.75, 3.05) is 10.6 Å². The van der Waals surface area contributed by atoms with Crippen LogP contribution < -0.4 is 10.6 Å². The molecule has 0 aliphatic carbocycles. The molecule has 0 spiro atoms. The van der Waals surface area contributed by atoms with Gasteiger partial charge in [0.05, 0.1) is 0 Å². The van der Waals surface area contributed by atoms with Crippen molar-refractivity contribution in [2.45, 2.75) is 6.92 Å². The monoisotopic (exact) mass is 437 g/mol. The number of benzene rings is 2. The first kappa shape index (κ1) is 17.3. The van der Waals surface area contributed by atoms with Gasteiger partial charge in [-0.15, -0.1) is 0 Å². The van der Waals surface area contributed by atoms with Gasteiger partial charge in [0, 0.05) is 26.2 Å². The maximum Gasteiger partial charge on any atom is 0.267 e. The summed E-state index contributed by atoms with van der Waals surface area (Å²) < 4.78 is 1.12. The standard InChI is InChI=1S/C17H13ClIN3O/c1-11-8-14(19)4-7-16(11)21-10-12(9-20)17(23)22-15-5-2-13(18)3-6-15/h2-8,10,21H,1H3,(H,22,23)/b12-10-. The molecule has 4 nitrogen and oxygen atoms in total. The molecule has 0 atom stereocenters. The zero-order valence-corrected chi connectivity index (χ0v) is 15.1. The molecule has 23 heavy (non-hydrogen) atoms. The molecule has 0 saturated heterocycles. The van der Waals surface area contributed by atoms with Gasteiger partial charge in [-0.25, -0.2) is 0 Å². The molecule has 2 rings (SSSR count). The lowest BCUT2D eigenvalue weighted by atomic mass is 10.2. The number of anilines is 2. The number of halogens is 2. The smallest absolute Gasteiger partial charge is 0.267 e. The zero-order chi connectivity index (χ0) is 16.8. The normalized spacial score (nSPS) is 10.8. The molecule has 0 radical (unpaired) electrons. The second-order valence-corrected chi connectivity index (χ2v) is 6.42. The molecule has 116 valence electrons. The lowest BCUT2D eigenvalue weighted by Gasteiger charge is -2.07. The maximum atomic E-state index is 12.1. The van der Waals surface area contributed by atoms with Crippen molar-refractivity contribution in [1.29, 1.82) is 5.26 Å². The van der Waals surface area contributed by atoms with Crippen LogP contribution in [0, 0.1) is 21.8 Å². The van der Waals surface area contributed by atoms with Crippen molar-refractivity contribution in [3.05, 3.63) is 68.4 Å². The Labute approximate surface area is 153 Å². The van der Waals surface area contributed by atoms with E-state index in [1.165, 1.54) is 6.20 Å². The van der Waals surface area contributed by atoms with Gasteiger partial charge >= 0.3 is 0 Å². The Hall–Kier alpha value is -2.04. The van der Waals surface area contributed by atoms with Crippen molar-refractivity contribution >= 4 is 51.5 Å². The van der Waals surface area contributed by atoms with E-state index in [1.54, 1.807) is 24.3 Å². The van der Waals surface area contributed by atoms with Gasteiger partial charge in [0.2, 0.25) is 0 Å². The Kier molecular flexibility index (Phi) is 6.02. The number of carbonyl (C=O) groups is 1. The number of aryl methyl sites for hydroxylation is 1. The Morgan fingerprint density at radius 2 is 1.96 bits per heavy atom. The fraction of sp³-hybridized carbons (Fsp3) is 0.0588. The third-order valence-electron chi connectivity index (χ3n) is 3.03. The van der Waals surface area contributed by atoms with Crippen LogP contribution in [0.2, 0.25) is 5.02 Å². The summed E-state index contributed by atoms with van der Waals surface area (Å²) in [6, 6.07) is 14.4. The summed E-state index contributed by atoms with van der Waals surface area (Å²) in [7, 11) is 0. The Morgan fingerprint density at radius 1 is 1.26 bits per heavy atom. The minimum absolute atomic E-state index is 0.0158. The SMILES string of the molecule is Cc1cc(I)ccc1N/C=C(/C#N)C(=O)Nc1ccc(Cl)cc1. The highest BCUT2D eigenvalue weighted by Crippen LogP contribution is 2.18. The highest BCUT2D eigenvalue weighted by atomic mass is 127. The van der Waals surface area contributed by atoms with Crippen LogP contribution in [0.25, 0.3) is 0 Å². The van der Waals surface area contributed by atoms with Crippen LogP contribution in [-0.4, -0.2) is 5.91 Å². The minimum atomic E-state index is -0.481. The largest absolute Gasteiger partial charge is 0.360 e. The van der Waals surface area contributed by atoms with Crippen LogP contribution >= 0.6 is 34.2 Å². The number of carbonyl (C=O) groups excluding carboxylic acids is 1. The molecule has 0 aliphatic rings. The molecule has 2 N–H and O–H groups in total. The minimum Gasteiger partial charge on any atom is -0.360 e. The van der Waals surface area contributed by atoms with E-state index in [4.69, 9.17) is 16.9 Å². The molecule has 0 unspecified atom stereocenters. The van der Waals surface area contributed by atoms with Gasteiger partial charge in [0.15, 0.2) is 0 Å². The topological polar surface area (TPSA) is 64.9 Å². The van der Waals surface area contributed by atoms with Gasteiger partial charge in [-0.05, 0) is 77.5 Å². The van der Waals surface area contributed by atoms with Gasteiger partial charge < -0.3 is 10.6 Å². The molecule has 0 aliphatic heterocycles. The number of hydrogen-bond acceptors (Lipinski definition) is 3. The summed E-state index contributed by atoms with van der Waals surface area (Å²) >= 11 is 8.02. The predicted octanol–water partition coefficient (Wildman–Crippen LogP) is 4.71. The van der Waals surface area contributed by atoms with Crippen molar-refractivity contribution in [2.24, 2.45) is 0 Å². The molecule has 0 saturated carbocycles. The average Bonchev–Trinajstić information content (AvgIpc) is 2.52. The van der Waals surface area contributed by atoms with Gasteiger partial charge in [0.25, 0.3) is 5.91 Å². The number of nitrogens with one attached hydrogen (secondary N) is 2. The zero-order valence-electron chi connectivity index (χ0n) is 12.2. The van der Waals surface area contributed by atoms with E-state index in [9.17, 15) is 4.79 Å². The first-order valence-electron chi connectivity index (χ1n) is 6.69. The summed E-state index contributed by atoms with van der Waals surface area (Å²) in [4.78, 5) is 12.1. The van der Waals surface area contributed by atoms with Gasteiger partial charge in [-0.1, -0.05) is 11.6 Å². The van der Waals surface area contributed by atoms with Crippen molar-refractivity contribution in [3.63, 3.8) is 0 Å². The third-order valence-corrected chi connectivity index (χ3v) is 3.95. The molecule has 0 fully saturated rings. The number of hydrogen-bond donors (Lipinski definition) is 2. The first-order chi connectivity index (χ1) is 11.0. The molecular formula is C17H13ClIN3O.